The Bertz CT molecular complexity index is 1030. The van der Waals surface area contributed by atoms with Crippen molar-refractivity contribution in [3.8, 4) is 0 Å². The molecule has 0 unspecified atom stereocenters. The summed E-state index contributed by atoms with van der Waals surface area (Å²) in [5, 5.41) is 2.50. The first-order valence-corrected chi connectivity index (χ1v) is 11.6. The molecule has 1 atom stereocenters. The van der Waals surface area contributed by atoms with Gasteiger partial charge in [-0.3, -0.25) is 13.9 Å². The molecule has 2 rings (SSSR count). The highest BCUT2D eigenvalue weighted by Crippen LogP contribution is 2.22. The molecular formula is C22H28FN3O4S. The fourth-order valence-electron chi connectivity index (χ4n) is 3.29. The summed E-state index contributed by atoms with van der Waals surface area (Å²) in [5.74, 6) is -1.36. The second-order valence-electron chi connectivity index (χ2n) is 7.55. The molecule has 0 aromatic heterocycles. The second-order valence-corrected chi connectivity index (χ2v) is 9.46. The SMILES string of the molecule is CNC(=O)[C@H](C)N(Cc1ccc(F)cc1)C(=O)CN(c1cc(C)cc(C)c1)S(C)(=O)=O. The zero-order valence-electron chi connectivity index (χ0n) is 18.3. The van der Waals surface area contributed by atoms with Crippen molar-refractivity contribution in [2.24, 2.45) is 0 Å². The number of carbonyl (C=O) groups is 2. The smallest absolute Gasteiger partial charge is 0.244 e. The molecule has 0 aliphatic rings. The van der Waals surface area contributed by atoms with Crippen molar-refractivity contribution in [1.82, 2.24) is 10.2 Å². The molecule has 0 aliphatic carbocycles. The highest BCUT2D eigenvalue weighted by atomic mass is 32.2. The topological polar surface area (TPSA) is 86.8 Å². The number of nitrogens with zero attached hydrogens (tertiary/aromatic N) is 2. The lowest BCUT2D eigenvalue weighted by Crippen LogP contribution is -2.50. The number of sulfonamides is 1. The van der Waals surface area contributed by atoms with Crippen LogP contribution in [0.4, 0.5) is 10.1 Å². The normalized spacial score (nSPS) is 12.2. The molecule has 0 fully saturated rings. The van der Waals surface area contributed by atoms with Crippen LogP contribution in [0, 0.1) is 19.7 Å². The Kier molecular flexibility index (Phi) is 7.78. The lowest BCUT2D eigenvalue weighted by atomic mass is 10.1. The van der Waals surface area contributed by atoms with Crippen LogP contribution in [0.25, 0.3) is 0 Å². The number of carbonyl (C=O) groups excluding carboxylic acids is 2. The van der Waals surface area contributed by atoms with E-state index >= 15 is 0 Å². The summed E-state index contributed by atoms with van der Waals surface area (Å²) in [6, 6.07) is 9.99. The summed E-state index contributed by atoms with van der Waals surface area (Å²) in [4.78, 5) is 26.8. The molecule has 1 N–H and O–H groups in total. The van der Waals surface area contributed by atoms with Gasteiger partial charge < -0.3 is 10.2 Å². The first-order chi connectivity index (χ1) is 14.4. The average Bonchev–Trinajstić information content (AvgIpc) is 2.68. The number of hydrogen-bond donors (Lipinski definition) is 1. The molecule has 2 amide bonds. The third-order valence-electron chi connectivity index (χ3n) is 4.85. The van der Waals surface area contributed by atoms with Crippen molar-refractivity contribution >= 4 is 27.5 Å². The van der Waals surface area contributed by atoms with E-state index in [4.69, 9.17) is 0 Å². The summed E-state index contributed by atoms with van der Waals surface area (Å²) in [7, 11) is -2.32. The van der Waals surface area contributed by atoms with Gasteiger partial charge in [-0.15, -0.1) is 0 Å². The number of aryl methyl sites for hydroxylation is 2. The minimum Gasteiger partial charge on any atom is -0.357 e. The zero-order chi connectivity index (χ0) is 23.3. The third kappa shape index (κ3) is 6.52. The fourth-order valence-corrected chi connectivity index (χ4v) is 4.12. The van der Waals surface area contributed by atoms with Crippen molar-refractivity contribution < 1.29 is 22.4 Å². The van der Waals surface area contributed by atoms with E-state index in [9.17, 15) is 22.4 Å². The van der Waals surface area contributed by atoms with Gasteiger partial charge in [-0.05, 0) is 61.7 Å². The first kappa shape index (κ1) is 24.3. The van der Waals surface area contributed by atoms with Crippen LogP contribution in [0.15, 0.2) is 42.5 Å². The molecule has 168 valence electrons. The summed E-state index contributed by atoms with van der Waals surface area (Å²) >= 11 is 0. The Labute approximate surface area is 182 Å². The van der Waals surface area contributed by atoms with Gasteiger partial charge in [0.05, 0.1) is 11.9 Å². The lowest BCUT2D eigenvalue weighted by molar-refractivity contribution is -0.139. The van der Waals surface area contributed by atoms with Gasteiger partial charge in [0.2, 0.25) is 21.8 Å². The lowest BCUT2D eigenvalue weighted by Gasteiger charge is -2.31. The number of amides is 2. The summed E-state index contributed by atoms with van der Waals surface area (Å²) < 4.78 is 39.3. The largest absolute Gasteiger partial charge is 0.357 e. The quantitative estimate of drug-likeness (QED) is 0.670. The molecule has 0 spiro atoms. The number of likely N-dealkylation sites (N-methyl/N-ethyl adjacent to an activating group) is 1. The van der Waals surface area contributed by atoms with E-state index in [1.165, 1.54) is 36.2 Å². The van der Waals surface area contributed by atoms with Crippen LogP contribution in [0.5, 0.6) is 0 Å². The second kappa shape index (κ2) is 9.91. The van der Waals surface area contributed by atoms with Crippen molar-refractivity contribution in [3.05, 3.63) is 65.0 Å². The number of anilines is 1. The van der Waals surface area contributed by atoms with E-state index in [2.05, 4.69) is 5.32 Å². The summed E-state index contributed by atoms with van der Waals surface area (Å²) in [6.07, 6.45) is 1.03. The molecule has 0 saturated heterocycles. The zero-order valence-corrected chi connectivity index (χ0v) is 19.2. The Balaban J connectivity index is 2.40. The van der Waals surface area contributed by atoms with Crippen LogP contribution in [0.3, 0.4) is 0 Å². The van der Waals surface area contributed by atoms with Crippen molar-refractivity contribution in [2.45, 2.75) is 33.4 Å². The van der Waals surface area contributed by atoms with Gasteiger partial charge >= 0.3 is 0 Å². The average molecular weight is 450 g/mol. The van der Waals surface area contributed by atoms with E-state index < -0.39 is 40.2 Å². The van der Waals surface area contributed by atoms with Gasteiger partial charge in [-0.1, -0.05) is 18.2 Å². The van der Waals surface area contributed by atoms with Gasteiger partial charge in [0, 0.05) is 13.6 Å². The predicted molar refractivity (Wildman–Crippen MR) is 119 cm³/mol. The number of rotatable bonds is 8. The molecule has 7 nitrogen and oxygen atoms in total. The Morgan fingerprint density at radius 3 is 2.10 bits per heavy atom. The predicted octanol–water partition coefficient (Wildman–Crippen LogP) is 2.37. The molecular weight excluding hydrogens is 421 g/mol. The van der Waals surface area contributed by atoms with Gasteiger partial charge in [-0.25, -0.2) is 12.8 Å². The molecule has 2 aromatic rings. The number of halogens is 1. The number of hydrogen-bond acceptors (Lipinski definition) is 4. The standard InChI is InChI=1S/C22H28FN3O4S/c1-15-10-16(2)12-20(11-15)26(31(5,29)30)14-21(27)25(17(3)22(28)24-4)13-18-6-8-19(23)9-7-18/h6-12,17H,13-14H2,1-5H3,(H,24,28)/t17-/m0/s1. The van der Waals surface area contributed by atoms with Gasteiger partial charge in [0.15, 0.2) is 0 Å². The molecule has 0 bridgehead atoms. The third-order valence-corrected chi connectivity index (χ3v) is 5.99. The minimum atomic E-state index is -3.77. The molecule has 9 heteroatoms. The van der Waals surface area contributed by atoms with Gasteiger partial charge in [0.1, 0.15) is 18.4 Å². The molecule has 0 radical (unpaired) electrons. The number of benzene rings is 2. The molecule has 0 aliphatic heterocycles. The van der Waals surface area contributed by atoms with Gasteiger partial charge in [-0.2, -0.15) is 0 Å². The fraction of sp³-hybridized carbons (Fsp3) is 0.364. The maximum absolute atomic E-state index is 13.3. The van der Waals surface area contributed by atoms with Gasteiger partial charge in [0.25, 0.3) is 0 Å². The van der Waals surface area contributed by atoms with Crippen LogP contribution >= 0.6 is 0 Å². The van der Waals surface area contributed by atoms with Crippen LogP contribution in [-0.4, -0.2) is 51.0 Å². The molecule has 31 heavy (non-hydrogen) atoms. The van der Waals surface area contributed by atoms with Crippen LogP contribution in [0.1, 0.15) is 23.6 Å². The highest BCUT2D eigenvalue weighted by Gasteiger charge is 2.29. The molecule has 2 aromatic carbocycles. The maximum atomic E-state index is 13.3. The van der Waals surface area contributed by atoms with E-state index in [1.807, 2.05) is 19.9 Å². The van der Waals surface area contributed by atoms with Crippen LogP contribution in [-0.2, 0) is 26.2 Å². The van der Waals surface area contributed by atoms with E-state index in [0.29, 0.717) is 11.3 Å². The van der Waals surface area contributed by atoms with Crippen molar-refractivity contribution in [2.75, 3.05) is 24.2 Å². The van der Waals surface area contributed by atoms with Crippen LogP contribution in [0.2, 0.25) is 0 Å². The van der Waals surface area contributed by atoms with E-state index in [1.54, 1.807) is 19.1 Å². The Morgan fingerprint density at radius 2 is 1.61 bits per heavy atom. The summed E-state index contributed by atoms with van der Waals surface area (Å²) in [5.41, 5.74) is 2.71. The summed E-state index contributed by atoms with van der Waals surface area (Å²) in [6.45, 7) is 4.80. The molecule has 0 heterocycles. The first-order valence-electron chi connectivity index (χ1n) is 9.74. The molecule has 0 saturated carbocycles. The monoisotopic (exact) mass is 449 g/mol. The highest BCUT2D eigenvalue weighted by molar-refractivity contribution is 7.92. The Hall–Kier alpha value is -2.94. The van der Waals surface area contributed by atoms with E-state index in [0.717, 1.165) is 21.7 Å². The van der Waals surface area contributed by atoms with Crippen LogP contribution < -0.4 is 9.62 Å². The minimum absolute atomic E-state index is 0.0259. The Morgan fingerprint density at radius 1 is 1.06 bits per heavy atom. The van der Waals surface area contributed by atoms with Crippen molar-refractivity contribution in [3.63, 3.8) is 0 Å². The maximum Gasteiger partial charge on any atom is 0.244 e. The van der Waals surface area contributed by atoms with E-state index in [-0.39, 0.29) is 6.54 Å². The number of nitrogens with one attached hydrogen (secondary N) is 1. The van der Waals surface area contributed by atoms with Crippen molar-refractivity contribution in [1.29, 1.82) is 0 Å².